The minimum Gasteiger partial charge on any atom is -0.307 e. The molecule has 0 unspecified atom stereocenters. The predicted octanol–water partition coefficient (Wildman–Crippen LogP) is 4.77. The molecule has 25 heavy (non-hydrogen) atoms. The fourth-order valence-electron chi connectivity index (χ4n) is 2.27. The first-order chi connectivity index (χ1) is 11.9. The van der Waals surface area contributed by atoms with Gasteiger partial charge in [0, 0.05) is 17.7 Å². The summed E-state index contributed by atoms with van der Waals surface area (Å²) in [6.45, 7) is 0.263. The maximum Gasteiger partial charge on any atom is 0.257 e. The quantitative estimate of drug-likeness (QED) is 0.707. The molecule has 0 bridgehead atoms. The van der Waals surface area contributed by atoms with E-state index < -0.39 is 17.5 Å². The van der Waals surface area contributed by atoms with E-state index in [1.54, 1.807) is 24.3 Å². The number of amides is 1. The Balaban J connectivity index is 1.82. The summed E-state index contributed by atoms with van der Waals surface area (Å²) < 4.78 is 28.0. The highest BCUT2D eigenvalue weighted by Gasteiger charge is 2.13. The van der Waals surface area contributed by atoms with Crippen molar-refractivity contribution in [3.8, 4) is 0 Å². The van der Waals surface area contributed by atoms with Crippen molar-refractivity contribution in [3.63, 3.8) is 0 Å². The third-order valence-corrected chi connectivity index (χ3v) is 4.29. The summed E-state index contributed by atoms with van der Waals surface area (Å²) >= 11 is 12.1. The number of nitrogens with one attached hydrogen (secondary N) is 1. The molecule has 0 spiro atoms. The van der Waals surface area contributed by atoms with E-state index in [0.717, 1.165) is 12.1 Å². The van der Waals surface area contributed by atoms with E-state index in [-0.39, 0.29) is 12.1 Å². The molecule has 2 aromatic carbocycles. The second-order valence-corrected chi connectivity index (χ2v) is 5.98. The van der Waals surface area contributed by atoms with Gasteiger partial charge in [-0.3, -0.25) is 4.79 Å². The van der Waals surface area contributed by atoms with E-state index in [0.29, 0.717) is 27.5 Å². The van der Waals surface area contributed by atoms with Gasteiger partial charge in [0.2, 0.25) is 0 Å². The lowest BCUT2D eigenvalue weighted by Crippen LogP contribution is -2.16. The van der Waals surface area contributed by atoms with Gasteiger partial charge in [-0.25, -0.2) is 13.5 Å². The Labute approximate surface area is 152 Å². The first-order valence-corrected chi connectivity index (χ1v) is 7.92. The molecule has 1 aromatic heterocycles. The number of aromatic nitrogens is 2. The normalized spacial score (nSPS) is 10.7. The van der Waals surface area contributed by atoms with Crippen LogP contribution in [0.4, 0.5) is 14.6 Å². The third kappa shape index (κ3) is 3.97. The fraction of sp³-hybridized carbons (Fsp3) is 0.0588. The van der Waals surface area contributed by atoms with Crippen molar-refractivity contribution in [2.24, 2.45) is 0 Å². The molecule has 0 saturated carbocycles. The van der Waals surface area contributed by atoms with Gasteiger partial charge in [-0.15, -0.1) is 0 Å². The van der Waals surface area contributed by atoms with Crippen molar-refractivity contribution >= 4 is 34.9 Å². The lowest BCUT2D eigenvalue weighted by Gasteiger charge is -2.11. The van der Waals surface area contributed by atoms with Gasteiger partial charge in [-0.05, 0) is 23.8 Å². The number of nitrogens with zero attached hydrogens (tertiary/aromatic N) is 2. The zero-order valence-electron chi connectivity index (χ0n) is 12.6. The van der Waals surface area contributed by atoms with E-state index >= 15 is 0 Å². The third-order valence-electron chi connectivity index (χ3n) is 3.43. The molecular weight excluding hydrogens is 371 g/mol. The summed E-state index contributed by atoms with van der Waals surface area (Å²) in [7, 11) is 0. The van der Waals surface area contributed by atoms with Crippen LogP contribution in [0.25, 0.3) is 0 Å². The van der Waals surface area contributed by atoms with E-state index in [4.69, 9.17) is 23.2 Å². The van der Waals surface area contributed by atoms with Crippen molar-refractivity contribution in [2.75, 3.05) is 5.32 Å². The monoisotopic (exact) mass is 381 g/mol. The van der Waals surface area contributed by atoms with Gasteiger partial charge in [0.15, 0.2) is 0 Å². The molecule has 128 valence electrons. The highest BCUT2D eigenvalue weighted by molar-refractivity contribution is 6.42. The van der Waals surface area contributed by atoms with Gasteiger partial charge >= 0.3 is 0 Å². The lowest BCUT2D eigenvalue weighted by atomic mass is 10.2. The molecule has 0 saturated heterocycles. The molecule has 4 nitrogen and oxygen atoms in total. The zero-order chi connectivity index (χ0) is 18.0. The molecule has 0 aliphatic carbocycles. The lowest BCUT2D eigenvalue weighted by molar-refractivity contribution is 0.102. The second kappa shape index (κ2) is 7.21. The first kappa shape index (κ1) is 17.4. The van der Waals surface area contributed by atoms with Gasteiger partial charge in [0.1, 0.15) is 17.5 Å². The summed E-state index contributed by atoms with van der Waals surface area (Å²) in [5.41, 5.74) is 0.580. The second-order valence-electron chi connectivity index (χ2n) is 5.20. The van der Waals surface area contributed by atoms with Crippen LogP contribution in [0.3, 0.4) is 0 Å². The van der Waals surface area contributed by atoms with E-state index in [9.17, 15) is 13.6 Å². The average molecular weight is 382 g/mol. The Morgan fingerprint density at radius 2 is 1.84 bits per heavy atom. The van der Waals surface area contributed by atoms with Crippen LogP contribution in [-0.2, 0) is 6.54 Å². The number of hydrogen-bond acceptors (Lipinski definition) is 2. The van der Waals surface area contributed by atoms with Crippen LogP contribution in [-0.4, -0.2) is 15.7 Å². The molecule has 0 atom stereocenters. The van der Waals surface area contributed by atoms with Crippen LogP contribution < -0.4 is 5.32 Å². The van der Waals surface area contributed by atoms with Crippen molar-refractivity contribution < 1.29 is 13.6 Å². The number of rotatable bonds is 4. The predicted molar refractivity (Wildman–Crippen MR) is 92.1 cm³/mol. The molecule has 0 radical (unpaired) electrons. The highest BCUT2D eigenvalue weighted by atomic mass is 35.5. The van der Waals surface area contributed by atoms with Crippen LogP contribution in [0.5, 0.6) is 0 Å². The molecule has 0 aliphatic rings. The van der Waals surface area contributed by atoms with Crippen LogP contribution in [0.2, 0.25) is 10.0 Å². The maximum absolute atomic E-state index is 13.3. The van der Waals surface area contributed by atoms with Crippen molar-refractivity contribution in [3.05, 3.63) is 81.5 Å². The topological polar surface area (TPSA) is 46.9 Å². The number of carbonyl (C=O) groups is 1. The number of carbonyl (C=O) groups excluding carboxylic acids is 1. The van der Waals surface area contributed by atoms with Gasteiger partial charge in [-0.2, -0.15) is 5.10 Å². The van der Waals surface area contributed by atoms with E-state index in [1.165, 1.54) is 10.9 Å². The number of anilines is 1. The van der Waals surface area contributed by atoms with Crippen LogP contribution in [0.1, 0.15) is 15.9 Å². The van der Waals surface area contributed by atoms with E-state index in [1.807, 2.05) is 0 Å². The van der Waals surface area contributed by atoms with Crippen molar-refractivity contribution in [2.45, 2.75) is 6.54 Å². The van der Waals surface area contributed by atoms with E-state index in [2.05, 4.69) is 10.4 Å². The first-order valence-electron chi connectivity index (χ1n) is 7.16. The Bertz CT molecular complexity index is 923. The highest BCUT2D eigenvalue weighted by Crippen LogP contribution is 2.26. The van der Waals surface area contributed by atoms with Crippen molar-refractivity contribution in [1.82, 2.24) is 9.78 Å². The molecule has 1 amide bonds. The number of halogens is 4. The molecule has 0 fully saturated rings. The molecule has 1 N–H and O–H groups in total. The molecule has 3 rings (SSSR count). The standard InChI is InChI=1S/C17H11Cl2F2N3O/c18-14-3-1-2-10(16(14)19)9-24-15(4-5-22-24)23-17(25)11-6-12(20)8-13(21)7-11/h1-8H,9H2,(H,23,25). The maximum atomic E-state index is 13.3. The van der Waals surface area contributed by atoms with Gasteiger partial charge in [-0.1, -0.05) is 35.3 Å². The molecule has 3 aromatic rings. The summed E-state index contributed by atoms with van der Waals surface area (Å²) in [5.74, 6) is -1.96. The summed E-state index contributed by atoms with van der Waals surface area (Å²) in [4.78, 5) is 12.2. The zero-order valence-corrected chi connectivity index (χ0v) is 14.2. The molecule has 1 heterocycles. The number of benzene rings is 2. The molecular formula is C17H11Cl2F2N3O. The van der Waals surface area contributed by atoms with Crippen LogP contribution in [0.15, 0.2) is 48.7 Å². The van der Waals surface area contributed by atoms with Crippen LogP contribution in [0, 0.1) is 11.6 Å². The summed E-state index contributed by atoms with van der Waals surface area (Å²) in [6, 6.07) is 9.36. The smallest absolute Gasteiger partial charge is 0.257 e. The SMILES string of the molecule is O=C(Nc1ccnn1Cc1cccc(Cl)c1Cl)c1cc(F)cc(F)c1. The summed E-state index contributed by atoms with van der Waals surface area (Å²) in [5, 5.41) is 7.49. The molecule has 8 heteroatoms. The fourth-order valence-corrected chi connectivity index (χ4v) is 2.65. The van der Waals surface area contributed by atoms with Gasteiger partial charge in [0.25, 0.3) is 5.91 Å². The largest absolute Gasteiger partial charge is 0.307 e. The summed E-state index contributed by atoms with van der Waals surface area (Å²) in [6.07, 6.45) is 1.49. The van der Waals surface area contributed by atoms with Gasteiger partial charge < -0.3 is 5.32 Å². The Morgan fingerprint density at radius 3 is 2.56 bits per heavy atom. The average Bonchev–Trinajstić information content (AvgIpc) is 2.98. The van der Waals surface area contributed by atoms with Gasteiger partial charge in [0.05, 0.1) is 22.8 Å². The Kier molecular flexibility index (Phi) is 5.01. The Morgan fingerprint density at radius 1 is 1.12 bits per heavy atom. The van der Waals surface area contributed by atoms with Crippen LogP contribution >= 0.6 is 23.2 Å². The van der Waals surface area contributed by atoms with Crippen molar-refractivity contribution in [1.29, 1.82) is 0 Å². The Hall–Kier alpha value is -2.44. The number of hydrogen-bond donors (Lipinski definition) is 1. The molecule has 0 aliphatic heterocycles. The minimum atomic E-state index is -0.829. The minimum absolute atomic E-state index is 0.133.